The van der Waals surface area contributed by atoms with E-state index in [1.165, 1.54) is 0 Å². The molecule has 1 aliphatic rings. The molecule has 36 heavy (non-hydrogen) atoms. The van der Waals surface area contributed by atoms with Crippen molar-refractivity contribution in [2.75, 3.05) is 28.6 Å². The third-order valence-corrected chi connectivity index (χ3v) is 6.41. The molecule has 3 N–H and O–H groups in total. The average molecular weight is 478 g/mol. The number of aliphatic hydroxyl groups excluding tert-OH is 1. The Labute approximate surface area is 210 Å². The number of hydrogen-bond donors (Lipinski definition) is 3. The summed E-state index contributed by atoms with van der Waals surface area (Å²) in [5.41, 5.74) is 5.32. The highest BCUT2D eigenvalue weighted by molar-refractivity contribution is 6.04. The summed E-state index contributed by atoms with van der Waals surface area (Å²) in [5.74, 6) is -0.177. The number of nitrogens with zero attached hydrogens (tertiary/aromatic N) is 3. The molecule has 0 spiro atoms. The standard InChI is InChI=1S/C29H27N5O2/c30-20-22-19-26(33-15-1-2-16-33)11-12-28(22)31-23-5-7-24(8-6-23)32-29(36)21-3-9-25(10-4-21)34-17-13-27(35)14-18-34/h1-12,15-16,19,27,31,35H,13-14,17-18H2,(H,32,36). The number of benzene rings is 3. The number of rotatable bonds is 6. The molecule has 1 aromatic heterocycles. The lowest BCUT2D eigenvalue weighted by atomic mass is 10.1. The van der Waals surface area contributed by atoms with Crippen LogP contribution in [0.25, 0.3) is 5.69 Å². The van der Waals surface area contributed by atoms with Crippen LogP contribution >= 0.6 is 0 Å². The fraction of sp³-hybridized carbons (Fsp3) is 0.172. The summed E-state index contributed by atoms with van der Waals surface area (Å²) in [7, 11) is 0. The summed E-state index contributed by atoms with van der Waals surface area (Å²) in [6.45, 7) is 1.64. The van der Waals surface area contributed by atoms with Gasteiger partial charge < -0.3 is 25.2 Å². The van der Waals surface area contributed by atoms with Crippen LogP contribution in [0.2, 0.25) is 0 Å². The quantitative estimate of drug-likeness (QED) is 0.350. The molecule has 0 saturated carbocycles. The van der Waals surface area contributed by atoms with Crippen LogP contribution < -0.4 is 15.5 Å². The van der Waals surface area contributed by atoms with Gasteiger partial charge in [-0.3, -0.25) is 4.79 Å². The summed E-state index contributed by atoms with van der Waals surface area (Å²) >= 11 is 0. The monoisotopic (exact) mass is 477 g/mol. The molecule has 0 atom stereocenters. The van der Waals surface area contributed by atoms with Gasteiger partial charge in [-0.15, -0.1) is 0 Å². The number of hydrogen-bond acceptors (Lipinski definition) is 5. The van der Waals surface area contributed by atoms with Crippen LogP contribution in [-0.2, 0) is 0 Å². The zero-order valence-electron chi connectivity index (χ0n) is 19.8. The summed E-state index contributed by atoms with van der Waals surface area (Å²) < 4.78 is 1.95. The third kappa shape index (κ3) is 5.24. The summed E-state index contributed by atoms with van der Waals surface area (Å²) in [5, 5.41) is 25.5. The lowest BCUT2D eigenvalue weighted by molar-refractivity contribution is 0.102. The van der Waals surface area contributed by atoms with Gasteiger partial charge in [-0.2, -0.15) is 5.26 Å². The molecule has 0 aliphatic carbocycles. The molecule has 0 radical (unpaired) electrons. The van der Waals surface area contributed by atoms with E-state index in [1.807, 2.05) is 95.8 Å². The van der Waals surface area contributed by atoms with Crippen molar-refractivity contribution in [1.29, 1.82) is 5.26 Å². The summed E-state index contributed by atoms with van der Waals surface area (Å²) in [6, 6.07) is 26.8. The van der Waals surface area contributed by atoms with E-state index in [9.17, 15) is 15.2 Å². The first-order valence-corrected chi connectivity index (χ1v) is 12.0. The van der Waals surface area contributed by atoms with E-state index in [4.69, 9.17) is 0 Å². The second-order valence-electron chi connectivity index (χ2n) is 8.85. The van der Waals surface area contributed by atoms with Crippen molar-refractivity contribution in [1.82, 2.24) is 4.57 Å². The van der Waals surface area contributed by atoms with Crippen LogP contribution in [0.4, 0.5) is 22.7 Å². The zero-order valence-corrected chi connectivity index (χ0v) is 19.8. The number of amides is 1. The highest BCUT2D eigenvalue weighted by Gasteiger charge is 2.17. The first kappa shape index (κ1) is 23.2. The molecule has 7 nitrogen and oxygen atoms in total. The van der Waals surface area contributed by atoms with Gasteiger partial charge in [0, 0.05) is 53.8 Å². The number of nitrogens with one attached hydrogen (secondary N) is 2. The Kier molecular flexibility index (Phi) is 6.69. The van der Waals surface area contributed by atoms with Crippen molar-refractivity contribution in [3.8, 4) is 11.8 Å². The van der Waals surface area contributed by atoms with Crippen LogP contribution in [0.1, 0.15) is 28.8 Å². The van der Waals surface area contributed by atoms with Crippen molar-refractivity contribution < 1.29 is 9.90 Å². The van der Waals surface area contributed by atoms with E-state index in [2.05, 4.69) is 21.6 Å². The third-order valence-electron chi connectivity index (χ3n) is 6.41. The first-order chi connectivity index (χ1) is 17.6. The van der Waals surface area contributed by atoms with Crippen LogP contribution in [0, 0.1) is 11.3 Å². The Bertz CT molecular complexity index is 1360. The molecular weight excluding hydrogens is 450 g/mol. The van der Waals surface area contributed by atoms with E-state index in [-0.39, 0.29) is 12.0 Å². The maximum atomic E-state index is 12.7. The highest BCUT2D eigenvalue weighted by atomic mass is 16.3. The Morgan fingerprint density at radius 3 is 2.19 bits per heavy atom. The SMILES string of the molecule is N#Cc1cc(-n2cccc2)ccc1Nc1ccc(NC(=O)c2ccc(N3CCC(O)CC3)cc2)cc1. The van der Waals surface area contributed by atoms with Gasteiger partial charge in [-0.05, 0) is 91.7 Å². The molecule has 1 amide bonds. The first-order valence-electron chi connectivity index (χ1n) is 12.0. The van der Waals surface area contributed by atoms with Gasteiger partial charge in [-0.25, -0.2) is 0 Å². The fourth-order valence-corrected chi connectivity index (χ4v) is 4.34. The van der Waals surface area contributed by atoms with Crippen molar-refractivity contribution in [2.24, 2.45) is 0 Å². The normalized spacial score (nSPS) is 13.7. The van der Waals surface area contributed by atoms with Gasteiger partial charge in [0.1, 0.15) is 6.07 Å². The lowest BCUT2D eigenvalue weighted by Crippen LogP contribution is -2.35. The highest BCUT2D eigenvalue weighted by Crippen LogP contribution is 2.25. The molecular formula is C29H27N5O2. The number of aliphatic hydroxyl groups is 1. The number of piperidine rings is 1. The molecule has 1 fully saturated rings. The Morgan fingerprint density at radius 2 is 1.53 bits per heavy atom. The molecule has 2 heterocycles. The Morgan fingerprint density at radius 1 is 0.889 bits per heavy atom. The van der Waals surface area contributed by atoms with Gasteiger partial charge in [0.05, 0.1) is 17.4 Å². The second kappa shape index (κ2) is 10.4. The largest absolute Gasteiger partial charge is 0.393 e. The van der Waals surface area contributed by atoms with E-state index in [0.29, 0.717) is 22.5 Å². The molecule has 5 rings (SSSR count). The van der Waals surface area contributed by atoms with E-state index in [0.717, 1.165) is 43.0 Å². The number of aromatic nitrogens is 1. The van der Waals surface area contributed by atoms with E-state index >= 15 is 0 Å². The maximum absolute atomic E-state index is 12.7. The maximum Gasteiger partial charge on any atom is 0.255 e. The van der Waals surface area contributed by atoms with Gasteiger partial charge in [0.15, 0.2) is 0 Å². The minimum atomic E-state index is -0.211. The lowest BCUT2D eigenvalue weighted by Gasteiger charge is -2.31. The van der Waals surface area contributed by atoms with Gasteiger partial charge in [0.25, 0.3) is 5.91 Å². The molecule has 0 unspecified atom stereocenters. The molecule has 3 aromatic carbocycles. The van der Waals surface area contributed by atoms with Crippen LogP contribution in [0.15, 0.2) is 91.3 Å². The van der Waals surface area contributed by atoms with E-state index < -0.39 is 0 Å². The fourth-order valence-electron chi connectivity index (χ4n) is 4.34. The Hall–Kier alpha value is -4.54. The summed E-state index contributed by atoms with van der Waals surface area (Å²) in [4.78, 5) is 15.0. The predicted octanol–water partition coefficient (Wildman–Crippen LogP) is 5.31. The van der Waals surface area contributed by atoms with Gasteiger partial charge in [-0.1, -0.05) is 0 Å². The van der Waals surface area contributed by atoms with Crippen molar-refractivity contribution in [3.63, 3.8) is 0 Å². The average Bonchev–Trinajstić information content (AvgIpc) is 3.46. The molecule has 4 aromatic rings. The minimum Gasteiger partial charge on any atom is -0.393 e. The molecule has 0 bridgehead atoms. The summed E-state index contributed by atoms with van der Waals surface area (Å²) in [6.07, 6.45) is 5.20. The Balaban J connectivity index is 1.21. The van der Waals surface area contributed by atoms with Gasteiger partial charge >= 0.3 is 0 Å². The van der Waals surface area contributed by atoms with E-state index in [1.54, 1.807) is 0 Å². The predicted molar refractivity (Wildman–Crippen MR) is 142 cm³/mol. The molecule has 7 heteroatoms. The van der Waals surface area contributed by atoms with Crippen LogP contribution in [-0.4, -0.2) is 34.8 Å². The molecule has 1 aliphatic heterocycles. The van der Waals surface area contributed by atoms with Crippen molar-refractivity contribution in [2.45, 2.75) is 18.9 Å². The van der Waals surface area contributed by atoms with Crippen LogP contribution in [0.3, 0.4) is 0 Å². The zero-order chi connectivity index (χ0) is 24.9. The van der Waals surface area contributed by atoms with Crippen molar-refractivity contribution >= 4 is 28.7 Å². The topological polar surface area (TPSA) is 93.3 Å². The second-order valence-corrected chi connectivity index (χ2v) is 8.85. The van der Waals surface area contributed by atoms with Crippen molar-refractivity contribution in [3.05, 3.63) is 102 Å². The van der Waals surface area contributed by atoms with Crippen LogP contribution in [0.5, 0.6) is 0 Å². The number of carbonyl (C=O) groups excluding carboxylic acids is 1. The number of anilines is 4. The number of nitriles is 1. The molecule has 1 saturated heterocycles. The van der Waals surface area contributed by atoms with Gasteiger partial charge in [0.2, 0.25) is 0 Å². The smallest absolute Gasteiger partial charge is 0.255 e. The number of carbonyl (C=O) groups is 1. The minimum absolute atomic E-state index is 0.177. The molecule has 180 valence electrons.